The fraction of sp³-hybridized carbons (Fsp3) is 0.429. The van der Waals surface area contributed by atoms with Gasteiger partial charge in [-0.1, -0.05) is 0 Å². The Bertz CT molecular complexity index is 310. The highest BCUT2D eigenvalue weighted by Crippen LogP contribution is 2.39. The highest BCUT2D eigenvalue weighted by atomic mass is 32.1. The number of β-lactam (4-membered cyclic amide) rings is 1. The average molecular weight is 185 g/mol. The molecule has 4 nitrogen and oxygen atoms in total. The predicted molar refractivity (Wildman–Crippen MR) is 43.5 cm³/mol. The first-order valence-electron chi connectivity index (χ1n) is 3.58. The third-order valence-corrected chi connectivity index (χ3v) is 2.58. The van der Waals surface area contributed by atoms with Gasteiger partial charge in [0.2, 0.25) is 5.91 Å². The molecule has 2 aliphatic heterocycles. The molecular formula is C7H7NO3S. The lowest BCUT2D eigenvalue weighted by molar-refractivity contribution is -0.147. The van der Waals surface area contributed by atoms with Crippen molar-refractivity contribution in [3.05, 3.63) is 10.6 Å². The minimum atomic E-state index is -1.06. The largest absolute Gasteiger partial charge is 0.477 e. The van der Waals surface area contributed by atoms with Crippen LogP contribution in [0, 0.1) is 0 Å². The summed E-state index contributed by atoms with van der Waals surface area (Å²) in [6.07, 6.45) is 1.05. The number of carboxylic acid groups (broad SMARTS) is 1. The summed E-state index contributed by atoms with van der Waals surface area (Å²) in [5.41, 5.74) is 0.0691. The van der Waals surface area contributed by atoms with Crippen LogP contribution in [-0.2, 0) is 9.59 Å². The van der Waals surface area contributed by atoms with Crippen LogP contribution >= 0.6 is 12.6 Å². The second-order valence-corrected chi connectivity index (χ2v) is 3.47. The first-order valence-corrected chi connectivity index (χ1v) is 4.03. The van der Waals surface area contributed by atoms with Crippen molar-refractivity contribution in [2.24, 2.45) is 0 Å². The molecule has 0 aromatic carbocycles. The van der Waals surface area contributed by atoms with Crippen LogP contribution in [0.3, 0.4) is 0 Å². The molecule has 1 amide bonds. The maximum absolute atomic E-state index is 11.0. The summed E-state index contributed by atoms with van der Waals surface area (Å²) in [5, 5.41) is 8.72. The van der Waals surface area contributed by atoms with Crippen molar-refractivity contribution < 1.29 is 14.7 Å². The zero-order valence-electron chi connectivity index (χ0n) is 6.15. The molecule has 12 heavy (non-hydrogen) atoms. The number of fused-ring (bicyclic) bond motifs is 1. The molecular weight excluding hydrogens is 178 g/mol. The van der Waals surface area contributed by atoms with E-state index in [0.29, 0.717) is 17.7 Å². The quantitative estimate of drug-likeness (QED) is 0.453. The normalized spacial score (nSPS) is 27.2. The van der Waals surface area contributed by atoms with E-state index in [-0.39, 0.29) is 17.6 Å². The number of thiol groups is 1. The van der Waals surface area contributed by atoms with Gasteiger partial charge in [0.15, 0.2) is 0 Å². The van der Waals surface area contributed by atoms with Gasteiger partial charge in [-0.05, 0) is 0 Å². The fourth-order valence-electron chi connectivity index (χ4n) is 1.64. The van der Waals surface area contributed by atoms with Crippen molar-refractivity contribution in [3.8, 4) is 0 Å². The third-order valence-electron chi connectivity index (χ3n) is 2.19. The molecule has 1 saturated heterocycles. The van der Waals surface area contributed by atoms with Gasteiger partial charge in [-0.25, -0.2) is 4.79 Å². The van der Waals surface area contributed by atoms with E-state index in [1.54, 1.807) is 0 Å². The summed E-state index contributed by atoms with van der Waals surface area (Å²) < 4.78 is 0. The van der Waals surface area contributed by atoms with E-state index in [1.165, 1.54) is 4.90 Å². The van der Waals surface area contributed by atoms with Crippen molar-refractivity contribution in [2.75, 3.05) is 0 Å². The van der Waals surface area contributed by atoms with Gasteiger partial charge in [-0.15, -0.1) is 12.6 Å². The molecule has 1 atom stereocenters. The lowest BCUT2D eigenvalue weighted by Crippen LogP contribution is -2.49. The van der Waals surface area contributed by atoms with E-state index >= 15 is 0 Å². The number of aliphatic carboxylic acids is 1. The molecule has 64 valence electrons. The van der Waals surface area contributed by atoms with Crippen LogP contribution in [0.4, 0.5) is 0 Å². The second-order valence-electron chi connectivity index (χ2n) is 2.93. The molecule has 1 unspecified atom stereocenters. The van der Waals surface area contributed by atoms with E-state index < -0.39 is 5.97 Å². The maximum Gasteiger partial charge on any atom is 0.353 e. The Kier molecular flexibility index (Phi) is 1.44. The molecule has 2 rings (SSSR count). The third kappa shape index (κ3) is 0.797. The van der Waals surface area contributed by atoms with Gasteiger partial charge in [0, 0.05) is 17.7 Å². The number of hydrogen-bond acceptors (Lipinski definition) is 3. The average Bonchev–Trinajstić information content (AvgIpc) is 2.22. The molecule has 0 radical (unpaired) electrons. The molecule has 0 aromatic rings. The van der Waals surface area contributed by atoms with Crippen LogP contribution in [0.25, 0.3) is 0 Å². The molecule has 1 fully saturated rings. The molecule has 0 aliphatic carbocycles. The summed E-state index contributed by atoms with van der Waals surface area (Å²) in [6.45, 7) is 0. The number of carbonyl (C=O) groups excluding carboxylic acids is 1. The highest BCUT2D eigenvalue weighted by molar-refractivity contribution is 7.84. The van der Waals surface area contributed by atoms with Gasteiger partial charge in [-0.2, -0.15) is 0 Å². The Morgan fingerprint density at radius 1 is 1.58 bits per heavy atom. The van der Waals surface area contributed by atoms with E-state index in [9.17, 15) is 9.59 Å². The van der Waals surface area contributed by atoms with Crippen LogP contribution in [0.1, 0.15) is 12.8 Å². The van der Waals surface area contributed by atoms with Crippen LogP contribution in [0.5, 0.6) is 0 Å². The van der Waals surface area contributed by atoms with Crippen LogP contribution in [0.15, 0.2) is 10.6 Å². The van der Waals surface area contributed by atoms with E-state index in [4.69, 9.17) is 5.11 Å². The molecule has 0 saturated carbocycles. The first kappa shape index (κ1) is 7.67. The minimum Gasteiger partial charge on any atom is -0.477 e. The monoisotopic (exact) mass is 185 g/mol. The molecule has 2 aliphatic rings. The Labute approximate surface area is 74.3 Å². The smallest absolute Gasteiger partial charge is 0.353 e. The summed E-state index contributed by atoms with van der Waals surface area (Å²) in [5.74, 6) is -1.17. The summed E-state index contributed by atoms with van der Waals surface area (Å²) in [7, 11) is 0. The Morgan fingerprint density at radius 2 is 2.25 bits per heavy atom. The van der Waals surface area contributed by atoms with E-state index in [1.807, 2.05) is 0 Å². The molecule has 1 N–H and O–H groups in total. The number of nitrogens with zero attached hydrogens (tertiary/aromatic N) is 1. The highest BCUT2D eigenvalue weighted by Gasteiger charge is 2.46. The van der Waals surface area contributed by atoms with Crippen molar-refractivity contribution in [3.63, 3.8) is 0 Å². The van der Waals surface area contributed by atoms with Crippen molar-refractivity contribution in [1.29, 1.82) is 0 Å². The lowest BCUT2D eigenvalue weighted by Gasteiger charge is -2.34. The zero-order valence-corrected chi connectivity index (χ0v) is 7.04. The van der Waals surface area contributed by atoms with Crippen molar-refractivity contribution in [1.82, 2.24) is 4.90 Å². The van der Waals surface area contributed by atoms with Gasteiger partial charge in [0.25, 0.3) is 0 Å². The molecule has 0 bridgehead atoms. The number of amides is 1. The standard InChI is InChI=1S/C7H7NO3S/c9-5-2-3-1-4(12)6(7(10)11)8(3)5/h3,12H,1-2H2,(H,10,11). The molecule has 0 aromatic heterocycles. The maximum atomic E-state index is 11.0. The number of rotatable bonds is 1. The summed E-state index contributed by atoms with van der Waals surface area (Å²) in [4.78, 5) is 23.5. The zero-order chi connectivity index (χ0) is 8.88. The topological polar surface area (TPSA) is 57.6 Å². The Morgan fingerprint density at radius 3 is 2.67 bits per heavy atom. The fourth-order valence-corrected chi connectivity index (χ4v) is 2.05. The lowest BCUT2D eigenvalue weighted by atomic mass is 10.0. The van der Waals surface area contributed by atoms with E-state index in [2.05, 4.69) is 12.6 Å². The Hall–Kier alpha value is -0.970. The first-order chi connectivity index (χ1) is 5.61. The van der Waals surface area contributed by atoms with Gasteiger partial charge in [0.1, 0.15) is 5.70 Å². The number of hydrogen-bond donors (Lipinski definition) is 2. The van der Waals surface area contributed by atoms with E-state index in [0.717, 1.165) is 0 Å². The van der Waals surface area contributed by atoms with Gasteiger partial charge >= 0.3 is 5.97 Å². The predicted octanol–water partition coefficient (Wildman–Crippen LogP) is 0.217. The number of carbonyl (C=O) groups is 2. The van der Waals surface area contributed by atoms with Crippen LogP contribution in [0.2, 0.25) is 0 Å². The minimum absolute atomic E-state index is 0.0658. The van der Waals surface area contributed by atoms with Crippen LogP contribution in [-0.4, -0.2) is 27.9 Å². The van der Waals surface area contributed by atoms with Gasteiger partial charge in [-0.3, -0.25) is 4.79 Å². The van der Waals surface area contributed by atoms with Crippen molar-refractivity contribution in [2.45, 2.75) is 18.9 Å². The molecule has 0 spiro atoms. The molecule has 5 heteroatoms. The summed E-state index contributed by atoms with van der Waals surface area (Å²) >= 11 is 4.03. The second kappa shape index (κ2) is 2.26. The van der Waals surface area contributed by atoms with Gasteiger partial charge < -0.3 is 10.0 Å². The van der Waals surface area contributed by atoms with Crippen LogP contribution < -0.4 is 0 Å². The van der Waals surface area contributed by atoms with Gasteiger partial charge in [0.05, 0.1) is 6.04 Å². The SMILES string of the molecule is O=C(O)C1=C(S)CC2CC(=O)N12. The summed E-state index contributed by atoms with van der Waals surface area (Å²) in [6, 6.07) is 0.0658. The number of carboxylic acids is 1. The Balaban J connectivity index is 2.34. The van der Waals surface area contributed by atoms with Crippen molar-refractivity contribution >= 4 is 24.5 Å². The molecule has 2 heterocycles.